The molecule has 0 aromatic heterocycles. The zero-order valence-corrected chi connectivity index (χ0v) is 19.4. The Morgan fingerprint density at radius 3 is 2.23 bits per heavy atom. The maximum absolute atomic E-state index is 14.0. The molecular weight excluding hydrogens is 466 g/mol. The van der Waals surface area contributed by atoms with Crippen molar-refractivity contribution in [3.8, 4) is 5.75 Å². The first-order valence-corrected chi connectivity index (χ1v) is 10.9. The number of hydrogen-bond donors (Lipinski definition) is 2. The minimum absolute atomic E-state index is 0.00200. The predicted octanol–water partition coefficient (Wildman–Crippen LogP) is 6.20. The Hall–Kier alpha value is -3.62. The maximum Gasteiger partial charge on any atom is 0.416 e. The van der Waals surface area contributed by atoms with Crippen molar-refractivity contribution >= 4 is 22.6 Å². The number of carbonyl (C=O) groups is 2. The first kappa shape index (κ1) is 26.0. The molecule has 3 rings (SSSR count). The molecule has 0 bridgehead atoms. The molecule has 0 aliphatic rings. The van der Waals surface area contributed by atoms with Gasteiger partial charge in [-0.1, -0.05) is 45.0 Å². The second-order valence-electron chi connectivity index (χ2n) is 8.88. The van der Waals surface area contributed by atoms with Gasteiger partial charge in [-0.15, -0.1) is 0 Å². The van der Waals surface area contributed by atoms with Crippen molar-refractivity contribution in [2.75, 3.05) is 0 Å². The van der Waals surface area contributed by atoms with E-state index in [1.54, 1.807) is 26.8 Å². The Morgan fingerprint density at radius 2 is 1.66 bits per heavy atom. The number of halogens is 4. The summed E-state index contributed by atoms with van der Waals surface area (Å²) in [5, 5.41) is 13.0. The topological polar surface area (TPSA) is 75.6 Å². The highest BCUT2D eigenvalue weighted by Crippen LogP contribution is 2.33. The fourth-order valence-electron chi connectivity index (χ4n) is 3.55. The summed E-state index contributed by atoms with van der Waals surface area (Å²) < 4.78 is 58.4. The number of amides is 1. The van der Waals surface area contributed by atoms with Crippen LogP contribution in [0.25, 0.3) is 10.8 Å². The molecule has 3 aromatic rings. The number of hydrogen-bond acceptors (Lipinski definition) is 3. The molecule has 0 radical (unpaired) electrons. The smallest absolute Gasteiger partial charge is 0.416 e. The molecular formula is C26H25F4NO4. The van der Waals surface area contributed by atoms with Crippen LogP contribution in [0, 0.1) is 11.2 Å². The van der Waals surface area contributed by atoms with Crippen LogP contribution < -0.4 is 10.1 Å². The lowest BCUT2D eigenvalue weighted by Crippen LogP contribution is -2.50. The number of carboxylic acid groups (broad SMARTS) is 1. The number of aliphatic carboxylic acids is 1. The van der Waals surface area contributed by atoms with Gasteiger partial charge in [0, 0.05) is 5.39 Å². The second-order valence-corrected chi connectivity index (χ2v) is 8.88. The van der Waals surface area contributed by atoms with Crippen molar-refractivity contribution in [2.45, 2.75) is 46.0 Å². The van der Waals surface area contributed by atoms with Crippen LogP contribution in [-0.4, -0.2) is 23.0 Å². The fraction of sp³-hybridized carbons (Fsp3) is 0.308. The third-order valence-electron chi connectivity index (χ3n) is 6.06. The molecule has 0 spiro atoms. The maximum atomic E-state index is 14.0. The van der Waals surface area contributed by atoms with E-state index in [9.17, 15) is 32.3 Å². The van der Waals surface area contributed by atoms with E-state index >= 15 is 0 Å². The molecule has 1 amide bonds. The number of benzene rings is 3. The lowest BCUT2D eigenvalue weighted by Gasteiger charge is -2.31. The first-order valence-electron chi connectivity index (χ1n) is 10.9. The molecule has 5 nitrogen and oxygen atoms in total. The number of nitrogens with one attached hydrogen (secondary N) is 1. The minimum Gasteiger partial charge on any atom is -0.487 e. The molecule has 0 aliphatic carbocycles. The summed E-state index contributed by atoms with van der Waals surface area (Å²) in [7, 11) is 0. The number of alkyl halides is 3. The summed E-state index contributed by atoms with van der Waals surface area (Å²) in [5.74, 6) is -2.51. The quantitative estimate of drug-likeness (QED) is 0.368. The van der Waals surface area contributed by atoms with Crippen LogP contribution in [0.2, 0.25) is 0 Å². The van der Waals surface area contributed by atoms with Crippen molar-refractivity contribution in [3.63, 3.8) is 0 Å². The van der Waals surface area contributed by atoms with Gasteiger partial charge in [0.15, 0.2) is 0 Å². The highest BCUT2D eigenvalue weighted by Gasteiger charge is 2.36. The third-order valence-corrected chi connectivity index (χ3v) is 6.06. The molecule has 0 saturated heterocycles. The van der Waals surface area contributed by atoms with Crippen LogP contribution in [-0.2, 0) is 17.6 Å². The molecule has 0 aliphatic heterocycles. The molecule has 2 N–H and O–H groups in total. The molecule has 9 heteroatoms. The van der Waals surface area contributed by atoms with Crippen LogP contribution in [0.5, 0.6) is 5.75 Å². The first-order chi connectivity index (χ1) is 16.3. The van der Waals surface area contributed by atoms with Crippen LogP contribution in [0.4, 0.5) is 17.6 Å². The SMILES string of the molecule is CCC(C)(C)[C@H](NC(=O)c1ccc2ccc(F)cc2c1OCc1ccc(C(F)(F)F)cc1)C(=O)O. The predicted molar refractivity (Wildman–Crippen MR) is 123 cm³/mol. The van der Waals surface area contributed by atoms with E-state index in [1.165, 1.54) is 36.4 Å². The zero-order valence-electron chi connectivity index (χ0n) is 19.4. The van der Waals surface area contributed by atoms with Gasteiger partial charge in [0.25, 0.3) is 5.91 Å². The normalized spacial score (nSPS) is 12.9. The standard InChI is InChI=1S/C26H25F4NO4/c1-4-25(2,3)22(24(33)34)31-23(32)19-12-8-16-7-11-18(27)13-20(16)21(19)35-14-15-5-9-17(10-6-15)26(28,29)30/h5-13,22H,4,14H2,1-3H3,(H,31,32)(H,33,34)/t22-/m1/s1. The Bertz CT molecular complexity index is 1240. The molecule has 0 fully saturated rings. The van der Waals surface area contributed by atoms with E-state index in [0.29, 0.717) is 17.4 Å². The average molecular weight is 491 g/mol. The van der Waals surface area contributed by atoms with Gasteiger partial charge < -0.3 is 15.2 Å². The van der Waals surface area contributed by atoms with Crippen LogP contribution in [0.15, 0.2) is 54.6 Å². The van der Waals surface area contributed by atoms with Crippen molar-refractivity contribution in [3.05, 3.63) is 77.1 Å². The van der Waals surface area contributed by atoms with E-state index in [1.807, 2.05) is 0 Å². The average Bonchev–Trinajstić information content (AvgIpc) is 2.80. The van der Waals surface area contributed by atoms with E-state index in [2.05, 4.69) is 5.32 Å². The summed E-state index contributed by atoms with van der Waals surface area (Å²) >= 11 is 0. The number of ether oxygens (including phenoxy) is 1. The fourth-order valence-corrected chi connectivity index (χ4v) is 3.55. The van der Waals surface area contributed by atoms with E-state index in [4.69, 9.17) is 4.74 Å². The summed E-state index contributed by atoms with van der Waals surface area (Å²) in [6, 6.07) is 10.1. The van der Waals surface area contributed by atoms with Crippen LogP contribution >= 0.6 is 0 Å². The monoisotopic (exact) mass is 491 g/mol. The van der Waals surface area contributed by atoms with E-state index in [-0.39, 0.29) is 23.3 Å². The van der Waals surface area contributed by atoms with Crippen molar-refractivity contribution in [2.24, 2.45) is 5.41 Å². The van der Waals surface area contributed by atoms with Gasteiger partial charge in [0.05, 0.1) is 11.1 Å². The summed E-state index contributed by atoms with van der Waals surface area (Å²) in [4.78, 5) is 25.0. The Labute approximate surface area is 199 Å². The Balaban J connectivity index is 1.98. The molecule has 3 aromatic carbocycles. The molecule has 35 heavy (non-hydrogen) atoms. The lowest BCUT2D eigenvalue weighted by molar-refractivity contribution is -0.142. The highest BCUT2D eigenvalue weighted by atomic mass is 19.4. The summed E-state index contributed by atoms with van der Waals surface area (Å²) in [5.41, 5.74) is -1.20. The van der Waals surface area contributed by atoms with Gasteiger partial charge in [-0.25, -0.2) is 9.18 Å². The number of carbonyl (C=O) groups excluding carboxylic acids is 1. The Morgan fingerprint density at radius 1 is 1.03 bits per heavy atom. The Kier molecular flexibility index (Phi) is 7.38. The van der Waals surface area contributed by atoms with Gasteiger partial charge in [-0.05, 0) is 53.1 Å². The van der Waals surface area contributed by atoms with Crippen LogP contribution in [0.1, 0.15) is 48.7 Å². The van der Waals surface area contributed by atoms with Crippen molar-refractivity contribution in [1.82, 2.24) is 5.32 Å². The highest BCUT2D eigenvalue weighted by molar-refractivity contribution is 6.05. The van der Waals surface area contributed by atoms with E-state index < -0.39 is 40.9 Å². The van der Waals surface area contributed by atoms with Crippen LogP contribution in [0.3, 0.4) is 0 Å². The summed E-state index contributed by atoms with van der Waals surface area (Å²) in [6.07, 6.45) is -4.00. The molecule has 0 heterocycles. The molecule has 0 unspecified atom stereocenters. The number of rotatable bonds is 8. The second kappa shape index (κ2) is 9.93. The number of carboxylic acids is 1. The molecule has 0 saturated carbocycles. The van der Waals surface area contributed by atoms with Gasteiger partial charge in [0.1, 0.15) is 24.2 Å². The van der Waals surface area contributed by atoms with Gasteiger partial charge in [-0.2, -0.15) is 13.2 Å². The largest absolute Gasteiger partial charge is 0.487 e. The molecule has 1 atom stereocenters. The minimum atomic E-state index is -4.48. The third kappa shape index (κ3) is 5.90. The van der Waals surface area contributed by atoms with Gasteiger partial charge in [-0.3, -0.25) is 4.79 Å². The summed E-state index contributed by atoms with van der Waals surface area (Å²) in [6.45, 7) is 5.03. The zero-order chi connectivity index (χ0) is 26.0. The van der Waals surface area contributed by atoms with Crippen molar-refractivity contribution < 1.29 is 37.0 Å². The number of fused-ring (bicyclic) bond motifs is 1. The van der Waals surface area contributed by atoms with E-state index in [0.717, 1.165) is 12.1 Å². The van der Waals surface area contributed by atoms with Gasteiger partial charge >= 0.3 is 12.1 Å². The lowest BCUT2D eigenvalue weighted by atomic mass is 9.81. The van der Waals surface area contributed by atoms with Gasteiger partial charge in [0.2, 0.25) is 0 Å². The molecule has 186 valence electrons. The van der Waals surface area contributed by atoms with Crippen molar-refractivity contribution in [1.29, 1.82) is 0 Å².